The van der Waals surface area contributed by atoms with Crippen LogP contribution in [0.15, 0.2) is 12.2 Å². The van der Waals surface area contributed by atoms with Crippen LogP contribution in [0.2, 0.25) is 0 Å². The lowest BCUT2D eigenvalue weighted by Crippen LogP contribution is -2.23. The van der Waals surface area contributed by atoms with Crippen molar-refractivity contribution in [3.05, 3.63) is 12.2 Å². The largest absolute Gasteiger partial charge is 0.459 e. The predicted octanol–water partition coefficient (Wildman–Crippen LogP) is 2.68. The fraction of sp³-hybridized carbons (Fsp3) is 0.727. The molecule has 0 heterocycles. The molecule has 0 spiro atoms. The SMILES string of the molecule is C/C=C/C(=O)OC1CCCC(C)C1. The highest BCUT2D eigenvalue weighted by atomic mass is 16.5. The molecule has 0 aromatic carbocycles. The van der Waals surface area contributed by atoms with Gasteiger partial charge in [0.15, 0.2) is 0 Å². The molecule has 0 aromatic heterocycles. The summed E-state index contributed by atoms with van der Waals surface area (Å²) in [6.07, 6.45) is 7.89. The molecule has 2 heteroatoms. The summed E-state index contributed by atoms with van der Waals surface area (Å²) < 4.78 is 5.28. The van der Waals surface area contributed by atoms with E-state index in [1.54, 1.807) is 6.08 Å². The summed E-state index contributed by atoms with van der Waals surface area (Å²) >= 11 is 0. The molecule has 13 heavy (non-hydrogen) atoms. The van der Waals surface area contributed by atoms with Crippen molar-refractivity contribution in [3.63, 3.8) is 0 Å². The van der Waals surface area contributed by atoms with Crippen molar-refractivity contribution in [1.82, 2.24) is 0 Å². The summed E-state index contributed by atoms with van der Waals surface area (Å²) in [5.41, 5.74) is 0. The van der Waals surface area contributed by atoms with Gasteiger partial charge in [0, 0.05) is 6.08 Å². The number of allylic oxidation sites excluding steroid dienone is 1. The van der Waals surface area contributed by atoms with Gasteiger partial charge in [0.1, 0.15) is 6.10 Å². The summed E-state index contributed by atoms with van der Waals surface area (Å²) in [5, 5.41) is 0. The molecular weight excluding hydrogens is 164 g/mol. The van der Waals surface area contributed by atoms with Crippen LogP contribution < -0.4 is 0 Å². The normalized spacial score (nSPS) is 29.1. The summed E-state index contributed by atoms with van der Waals surface area (Å²) in [6, 6.07) is 0. The Morgan fingerprint density at radius 1 is 1.46 bits per heavy atom. The number of hydrogen-bond donors (Lipinski definition) is 0. The van der Waals surface area contributed by atoms with Gasteiger partial charge in [-0.1, -0.05) is 19.4 Å². The van der Waals surface area contributed by atoms with Gasteiger partial charge >= 0.3 is 5.97 Å². The first kappa shape index (κ1) is 10.3. The van der Waals surface area contributed by atoms with Crippen LogP contribution in [0.25, 0.3) is 0 Å². The van der Waals surface area contributed by atoms with Crippen LogP contribution in [-0.2, 0) is 9.53 Å². The van der Waals surface area contributed by atoms with Crippen molar-refractivity contribution in [2.24, 2.45) is 5.92 Å². The third-order valence-corrected chi connectivity index (χ3v) is 2.47. The van der Waals surface area contributed by atoms with Gasteiger partial charge in [0.25, 0.3) is 0 Å². The zero-order valence-corrected chi connectivity index (χ0v) is 8.45. The smallest absolute Gasteiger partial charge is 0.330 e. The zero-order valence-electron chi connectivity index (χ0n) is 8.45. The average Bonchev–Trinajstić information content (AvgIpc) is 2.04. The van der Waals surface area contributed by atoms with Crippen molar-refractivity contribution in [3.8, 4) is 0 Å². The number of ether oxygens (including phenoxy) is 1. The van der Waals surface area contributed by atoms with Gasteiger partial charge in [-0.2, -0.15) is 0 Å². The van der Waals surface area contributed by atoms with E-state index in [1.807, 2.05) is 6.92 Å². The Morgan fingerprint density at radius 3 is 2.85 bits per heavy atom. The van der Waals surface area contributed by atoms with Gasteiger partial charge < -0.3 is 4.74 Å². The standard InChI is InChI=1S/C11H18O2/c1-3-5-11(12)13-10-7-4-6-9(2)8-10/h3,5,9-10H,4,6-8H2,1-2H3/b5-3+. The van der Waals surface area contributed by atoms with E-state index in [0.717, 1.165) is 12.8 Å². The Kier molecular flexibility index (Phi) is 4.00. The van der Waals surface area contributed by atoms with Crippen molar-refractivity contribution < 1.29 is 9.53 Å². The molecule has 0 saturated heterocycles. The quantitative estimate of drug-likeness (QED) is 0.485. The molecule has 0 radical (unpaired) electrons. The molecule has 0 aromatic rings. The first-order chi connectivity index (χ1) is 6.22. The highest BCUT2D eigenvalue weighted by Crippen LogP contribution is 2.25. The maximum absolute atomic E-state index is 11.1. The summed E-state index contributed by atoms with van der Waals surface area (Å²) in [5.74, 6) is 0.513. The van der Waals surface area contributed by atoms with E-state index in [-0.39, 0.29) is 12.1 Å². The monoisotopic (exact) mass is 182 g/mol. The Bertz CT molecular complexity index is 196. The van der Waals surface area contributed by atoms with Crippen LogP contribution in [0.3, 0.4) is 0 Å². The summed E-state index contributed by atoms with van der Waals surface area (Å²) in [7, 11) is 0. The molecule has 1 aliphatic rings. The van der Waals surface area contributed by atoms with E-state index < -0.39 is 0 Å². The first-order valence-corrected chi connectivity index (χ1v) is 5.05. The van der Waals surface area contributed by atoms with E-state index in [1.165, 1.54) is 18.9 Å². The average molecular weight is 182 g/mol. The van der Waals surface area contributed by atoms with Gasteiger partial charge in [-0.3, -0.25) is 0 Å². The zero-order chi connectivity index (χ0) is 9.68. The summed E-state index contributed by atoms with van der Waals surface area (Å²) in [4.78, 5) is 11.1. The molecule has 1 fully saturated rings. The Labute approximate surface area is 80.0 Å². The number of esters is 1. The Balaban J connectivity index is 2.31. The highest BCUT2D eigenvalue weighted by Gasteiger charge is 2.20. The Morgan fingerprint density at radius 2 is 2.23 bits per heavy atom. The topological polar surface area (TPSA) is 26.3 Å². The molecule has 0 N–H and O–H groups in total. The van der Waals surface area contributed by atoms with E-state index in [9.17, 15) is 4.79 Å². The second kappa shape index (κ2) is 5.05. The molecule has 2 unspecified atom stereocenters. The maximum atomic E-state index is 11.1. The number of rotatable bonds is 2. The minimum absolute atomic E-state index is 0.160. The first-order valence-electron chi connectivity index (χ1n) is 5.05. The van der Waals surface area contributed by atoms with Gasteiger partial charge in [-0.15, -0.1) is 0 Å². The summed E-state index contributed by atoms with van der Waals surface area (Å²) in [6.45, 7) is 4.04. The third kappa shape index (κ3) is 3.62. The molecule has 0 aliphatic heterocycles. The van der Waals surface area contributed by atoms with E-state index in [2.05, 4.69) is 6.92 Å². The minimum atomic E-state index is -0.193. The molecule has 2 nitrogen and oxygen atoms in total. The van der Waals surface area contributed by atoms with Crippen molar-refractivity contribution in [2.75, 3.05) is 0 Å². The predicted molar refractivity (Wildman–Crippen MR) is 52.3 cm³/mol. The van der Waals surface area contributed by atoms with Crippen molar-refractivity contribution in [2.45, 2.75) is 45.6 Å². The lowest BCUT2D eigenvalue weighted by atomic mass is 9.89. The third-order valence-electron chi connectivity index (χ3n) is 2.47. The van der Waals surface area contributed by atoms with Crippen LogP contribution in [0.5, 0.6) is 0 Å². The molecule has 2 atom stereocenters. The molecule has 74 valence electrons. The Hall–Kier alpha value is -0.790. The van der Waals surface area contributed by atoms with Crippen LogP contribution in [0.1, 0.15) is 39.5 Å². The number of carbonyl (C=O) groups is 1. The van der Waals surface area contributed by atoms with Crippen LogP contribution in [0.4, 0.5) is 0 Å². The van der Waals surface area contributed by atoms with Gasteiger partial charge in [0.2, 0.25) is 0 Å². The van der Waals surface area contributed by atoms with Gasteiger partial charge in [-0.05, 0) is 32.1 Å². The second-order valence-electron chi connectivity index (χ2n) is 3.83. The fourth-order valence-corrected chi connectivity index (χ4v) is 1.83. The van der Waals surface area contributed by atoms with Crippen LogP contribution >= 0.6 is 0 Å². The molecule has 1 rings (SSSR count). The van der Waals surface area contributed by atoms with Gasteiger partial charge in [0.05, 0.1) is 0 Å². The lowest BCUT2D eigenvalue weighted by Gasteiger charge is -2.25. The minimum Gasteiger partial charge on any atom is -0.459 e. The van der Waals surface area contributed by atoms with Gasteiger partial charge in [-0.25, -0.2) is 4.79 Å². The van der Waals surface area contributed by atoms with Crippen LogP contribution in [0, 0.1) is 5.92 Å². The van der Waals surface area contributed by atoms with Crippen LogP contribution in [-0.4, -0.2) is 12.1 Å². The molecule has 0 amide bonds. The highest BCUT2D eigenvalue weighted by molar-refractivity contribution is 5.81. The maximum Gasteiger partial charge on any atom is 0.330 e. The molecule has 1 aliphatic carbocycles. The van der Waals surface area contributed by atoms with Crippen molar-refractivity contribution >= 4 is 5.97 Å². The van der Waals surface area contributed by atoms with E-state index >= 15 is 0 Å². The van der Waals surface area contributed by atoms with E-state index in [0.29, 0.717) is 5.92 Å². The van der Waals surface area contributed by atoms with E-state index in [4.69, 9.17) is 4.74 Å². The molecular formula is C11H18O2. The number of hydrogen-bond acceptors (Lipinski definition) is 2. The molecule has 0 bridgehead atoms. The lowest BCUT2D eigenvalue weighted by molar-refractivity contribution is -0.145. The fourth-order valence-electron chi connectivity index (χ4n) is 1.83. The van der Waals surface area contributed by atoms with Crippen molar-refractivity contribution in [1.29, 1.82) is 0 Å². The molecule has 1 saturated carbocycles. The number of carbonyl (C=O) groups excluding carboxylic acids is 1. The second-order valence-corrected chi connectivity index (χ2v) is 3.83.